The van der Waals surface area contributed by atoms with Crippen LogP contribution < -0.4 is 0 Å². The maximum atomic E-state index is 3.47. The molecule has 2 heteroatoms. The van der Waals surface area contributed by atoms with Gasteiger partial charge in [0.1, 0.15) is 0 Å². The second kappa shape index (κ2) is 25.8. The van der Waals surface area contributed by atoms with E-state index in [0.29, 0.717) is 5.16 Å². The molecule has 0 N–H and O–H groups in total. The van der Waals surface area contributed by atoms with Crippen LogP contribution >= 0.6 is 33.2 Å². The molecule has 0 rings (SSSR count). The number of rotatable bonds is 24. The predicted molar refractivity (Wildman–Crippen MR) is 160 cm³/mol. The fourth-order valence-corrected chi connectivity index (χ4v) is 5.92. The van der Waals surface area contributed by atoms with Crippen molar-refractivity contribution in [3.05, 3.63) is 0 Å². The molecule has 0 amide bonds. The molecule has 31 heavy (non-hydrogen) atoms. The van der Waals surface area contributed by atoms with Crippen molar-refractivity contribution in [1.29, 1.82) is 0 Å². The molecule has 0 aromatic carbocycles. The van der Waals surface area contributed by atoms with E-state index in [1.165, 1.54) is 148 Å². The minimum Gasteiger partial charge on any atom is -0.131 e. The average molecular weight is 569 g/mol. The fourth-order valence-electron chi connectivity index (χ4n) is 5.18. The molecule has 0 aliphatic carbocycles. The average Bonchev–Trinajstić information content (AvgIpc) is 2.75. The van der Waals surface area contributed by atoms with Crippen LogP contribution in [0.15, 0.2) is 0 Å². The fraction of sp³-hybridized carbons (Fsp3) is 1.00. The van der Waals surface area contributed by atoms with E-state index in [2.05, 4.69) is 36.9 Å². The molecule has 0 heterocycles. The van der Waals surface area contributed by atoms with E-state index in [4.69, 9.17) is 0 Å². The first kappa shape index (κ1) is 34.3. The van der Waals surface area contributed by atoms with Crippen LogP contribution in [0.2, 0.25) is 0 Å². The third kappa shape index (κ3) is 20.3. The van der Waals surface area contributed by atoms with E-state index in [9.17, 15) is 0 Å². The van der Waals surface area contributed by atoms with Gasteiger partial charge < -0.3 is 0 Å². The lowest BCUT2D eigenvalue weighted by Gasteiger charge is -2.39. The largest absolute Gasteiger partial charge is 0.131 e. The van der Waals surface area contributed by atoms with Gasteiger partial charge in [0.05, 0.1) is 0 Å². The van der Waals surface area contributed by atoms with Crippen molar-refractivity contribution < 1.29 is 0 Å². The first-order valence-corrected chi connectivity index (χ1v) is 15.0. The highest BCUT2D eigenvalue weighted by Crippen LogP contribution is 2.44. The maximum absolute atomic E-state index is 3.47. The third-order valence-corrected chi connectivity index (χ3v) is 8.42. The normalized spacial score (nSPS) is 12.7. The molecule has 0 radical (unpaired) electrons. The Balaban J connectivity index is 0. The zero-order chi connectivity index (χ0) is 22.3. The summed E-state index contributed by atoms with van der Waals surface area (Å²) in [7, 11) is 3.47. The molecule has 0 aliphatic heterocycles. The van der Waals surface area contributed by atoms with Crippen molar-refractivity contribution in [2.75, 3.05) is 0 Å². The Labute approximate surface area is 218 Å². The highest BCUT2D eigenvalue weighted by Gasteiger charge is 2.32. The van der Waals surface area contributed by atoms with E-state index in [-0.39, 0.29) is 24.0 Å². The van der Waals surface area contributed by atoms with Gasteiger partial charge in [-0.3, -0.25) is 0 Å². The lowest BCUT2D eigenvalue weighted by Crippen LogP contribution is -2.32. The van der Waals surface area contributed by atoms with E-state index >= 15 is 0 Å². The molecule has 2 atom stereocenters. The monoisotopic (exact) mass is 568 g/mol. The number of hydrogen-bond acceptors (Lipinski definition) is 0. The van der Waals surface area contributed by atoms with Gasteiger partial charge in [0.2, 0.25) is 0 Å². The van der Waals surface area contributed by atoms with E-state index in [1.54, 1.807) is 0 Å². The molecule has 0 aromatic rings. The summed E-state index contributed by atoms with van der Waals surface area (Å²) < 4.78 is 0. The van der Waals surface area contributed by atoms with Crippen LogP contribution in [0.25, 0.3) is 0 Å². The minimum atomic E-state index is 0. The standard InChI is InChI=1S/C29H61P.HI/c1-5-9-13-17-18-19-21-25-28(24-20-14-10-6-2)29(30,26-22-15-11-7-3)27-23-16-12-8-4;/h28H,5-27,30H2,1-4H3;1H. The molecule has 0 bridgehead atoms. The molecule has 0 fully saturated rings. The third-order valence-electron chi connectivity index (χ3n) is 7.37. The topological polar surface area (TPSA) is 0 Å². The molecule has 0 aromatic heterocycles. The minimum absolute atomic E-state index is 0. The van der Waals surface area contributed by atoms with Crippen molar-refractivity contribution in [3.63, 3.8) is 0 Å². The number of unbranched alkanes of at least 4 members (excludes halogenated alkanes) is 15. The molecule has 0 aliphatic rings. The van der Waals surface area contributed by atoms with Gasteiger partial charge in [-0.05, 0) is 36.8 Å². The van der Waals surface area contributed by atoms with Gasteiger partial charge in [-0.2, -0.15) is 0 Å². The van der Waals surface area contributed by atoms with Crippen molar-refractivity contribution in [3.8, 4) is 0 Å². The Morgan fingerprint density at radius 3 is 1.13 bits per heavy atom. The first-order valence-electron chi connectivity index (χ1n) is 14.4. The van der Waals surface area contributed by atoms with Gasteiger partial charge in [-0.1, -0.05) is 150 Å². The molecule has 0 nitrogen and oxygen atoms in total. The van der Waals surface area contributed by atoms with Crippen LogP contribution in [0, 0.1) is 5.92 Å². The molecular formula is C29H62IP. The summed E-state index contributed by atoms with van der Waals surface area (Å²) >= 11 is 0. The van der Waals surface area contributed by atoms with Crippen LogP contribution in [0.3, 0.4) is 0 Å². The quantitative estimate of drug-likeness (QED) is 0.0617. The molecule has 0 saturated heterocycles. The summed E-state index contributed by atoms with van der Waals surface area (Å²) in [6.07, 6.45) is 33.1. The van der Waals surface area contributed by atoms with Crippen molar-refractivity contribution in [2.45, 2.75) is 181 Å². The molecule has 0 saturated carbocycles. The van der Waals surface area contributed by atoms with Crippen LogP contribution in [0.4, 0.5) is 0 Å². The summed E-state index contributed by atoms with van der Waals surface area (Å²) in [6, 6.07) is 0. The predicted octanol–water partition coefficient (Wildman–Crippen LogP) is 11.9. The van der Waals surface area contributed by atoms with Gasteiger partial charge >= 0.3 is 0 Å². The Morgan fingerprint density at radius 1 is 0.452 bits per heavy atom. The van der Waals surface area contributed by atoms with Gasteiger partial charge in [-0.15, -0.1) is 33.2 Å². The van der Waals surface area contributed by atoms with Crippen molar-refractivity contribution in [1.82, 2.24) is 0 Å². The maximum Gasteiger partial charge on any atom is -0.0122 e. The molecule has 190 valence electrons. The molecule has 2 unspecified atom stereocenters. The van der Waals surface area contributed by atoms with Crippen molar-refractivity contribution in [2.24, 2.45) is 5.92 Å². The van der Waals surface area contributed by atoms with Gasteiger partial charge in [-0.25, -0.2) is 0 Å². The second-order valence-corrected chi connectivity index (χ2v) is 11.5. The van der Waals surface area contributed by atoms with E-state index < -0.39 is 0 Å². The Kier molecular flexibility index (Phi) is 28.5. The van der Waals surface area contributed by atoms with Crippen molar-refractivity contribution >= 4 is 33.2 Å². The molecule has 0 spiro atoms. The van der Waals surface area contributed by atoms with Gasteiger partial charge in [0.25, 0.3) is 0 Å². The Hall–Kier alpha value is 1.16. The summed E-state index contributed by atoms with van der Waals surface area (Å²) in [4.78, 5) is 0. The van der Waals surface area contributed by atoms with Crippen LogP contribution in [-0.2, 0) is 0 Å². The summed E-state index contributed by atoms with van der Waals surface area (Å²) in [6.45, 7) is 9.35. The Bertz CT molecular complexity index is 319. The molecular weight excluding hydrogens is 506 g/mol. The zero-order valence-electron chi connectivity index (χ0n) is 22.3. The SMILES string of the molecule is CCCCCCCCCC(CCCCCC)C(P)(CCCCCC)CCCCCC.I. The summed E-state index contributed by atoms with van der Waals surface area (Å²) in [5.41, 5.74) is 0. The number of halogens is 1. The lowest BCUT2D eigenvalue weighted by atomic mass is 9.77. The first-order chi connectivity index (χ1) is 14.6. The lowest BCUT2D eigenvalue weighted by molar-refractivity contribution is 0.270. The highest BCUT2D eigenvalue weighted by molar-refractivity contribution is 14.0. The Morgan fingerprint density at radius 2 is 0.742 bits per heavy atom. The zero-order valence-corrected chi connectivity index (χ0v) is 25.8. The summed E-state index contributed by atoms with van der Waals surface area (Å²) in [5, 5.41) is 0.524. The van der Waals surface area contributed by atoms with Crippen LogP contribution in [0.1, 0.15) is 175 Å². The van der Waals surface area contributed by atoms with Crippen LogP contribution in [-0.4, -0.2) is 5.16 Å². The smallest absolute Gasteiger partial charge is 0.0122 e. The van der Waals surface area contributed by atoms with Gasteiger partial charge in [0, 0.05) is 0 Å². The van der Waals surface area contributed by atoms with Gasteiger partial charge in [0.15, 0.2) is 0 Å². The highest BCUT2D eigenvalue weighted by atomic mass is 127. The van der Waals surface area contributed by atoms with Crippen LogP contribution in [0.5, 0.6) is 0 Å². The van der Waals surface area contributed by atoms with E-state index in [1.807, 2.05) is 0 Å². The van der Waals surface area contributed by atoms with E-state index in [0.717, 1.165) is 5.92 Å². The second-order valence-electron chi connectivity index (χ2n) is 10.3. The number of hydrogen-bond donors (Lipinski definition) is 0. The summed E-state index contributed by atoms with van der Waals surface area (Å²) in [5.74, 6) is 0.943.